The van der Waals surface area contributed by atoms with Gasteiger partial charge in [0.15, 0.2) is 5.11 Å². The number of hydrogen-bond acceptors (Lipinski definition) is 4. The summed E-state index contributed by atoms with van der Waals surface area (Å²) in [7, 11) is 0. The van der Waals surface area contributed by atoms with Crippen LogP contribution in [0.2, 0.25) is 0 Å². The highest BCUT2D eigenvalue weighted by atomic mass is 35.6. The summed E-state index contributed by atoms with van der Waals surface area (Å²) in [5.74, 6) is -0.431. The lowest BCUT2D eigenvalue weighted by atomic mass is 10.2. The first-order valence-corrected chi connectivity index (χ1v) is 11.1. The molecule has 2 heterocycles. The van der Waals surface area contributed by atoms with Crippen LogP contribution >= 0.6 is 58.4 Å². The fourth-order valence-corrected chi connectivity index (χ4v) is 3.92. The van der Waals surface area contributed by atoms with Crippen molar-refractivity contribution < 1.29 is 4.79 Å². The summed E-state index contributed by atoms with van der Waals surface area (Å²) in [5, 5.41) is 9.61. The van der Waals surface area contributed by atoms with Crippen LogP contribution in [0.25, 0.3) is 17.0 Å². The number of nitrogens with one attached hydrogen (secondary N) is 3. The monoisotopic (exact) mass is 498 g/mol. The summed E-state index contributed by atoms with van der Waals surface area (Å²) in [6.07, 6.45) is 3.70. The summed E-state index contributed by atoms with van der Waals surface area (Å²) < 4.78 is -1.84. The van der Waals surface area contributed by atoms with E-state index in [0.717, 1.165) is 20.7 Å². The first-order chi connectivity index (χ1) is 14.2. The molecule has 0 aliphatic carbocycles. The molecule has 2 aromatic heterocycles. The van der Waals surface area contributed by atoms with Gasteiger partial charge in [-0.15, -0.1) is 11.3 Å². The Morgan fingerprint density at radius 1 is 1.17 bits per heavy atom. The Labute approximate surface area is 198 Å². The van der Waals surface area contributed by atoms with E-state index < -0.39 is 15.9 Å². The minimum absolute atomic E-state index is 0.169. The maximum Gasteiger partial charge on any atom is 0.245 e. The second-order valence-corrected chi connectivity index (χ2v) is 10.3. The van der Waals surface area contributed by atoms with E-state index in [2.05, 4.69) is 20.9 Å². The highest BCUT2D eigenvalue weighted by Gasteiger charge is 2.34. The predicted octanol–water partition coefficient (Wildman–Crippen LogP) is 5.42. The number of nitrogens with zero attached hydrogens (tertiary/aromatic N) is 1. The number of fused-ring (bicyclic) bond motifs is 1. The van der Waals surface area contributed by atoms with Crippen LogP contribution in [0.3, 0.4) is 0 Å². The number of aryl methyl sites for hydroxylation is 1. The van der Waals surface area contributed by atoms with Crippen molar-refractivity contribution in [2.45, 2.75) is 16.9 Å². The van der Waals surface area contributed by atoms with Crippen LogP contribution in [0.5, 0.6) is 0 Å². The molecule has 30 heavy (non-hydrogen) atoms. The number of benzene rings is 1. The highest BCUT2D eigenvalue weighted by Crippen LogP contribution is 2.29. The van der Waals surface area contributed by atoms with Crippen LogP contribution in [0.15, 0.2) is 54.7 Å². The van der Waals surface area contributed by atoms with Crippen LogP contribution in [0.1, 0.15) is 9.75 Å². The smallest absolute Gasteiger partial charge is 0.245 e. The van der Waals surface area contributed by atoms with Gasteiger partial charge in [0, 0.05) is 27.4 Å². The van der Waals surface area contributed by atoms with Gasteiger partial charge in [-0.25, -0.2) is 0 Å². The first kappa shape index (κ1) is 22.8. The highest BCUT2D eigenvalue weighted by molar-refractivity contribution is 7.80. The van der Waals surface area contributed by atoms with E-state index in [1.165, 1.54) is 6.08 Å². The zero-order valence-electron chi connectivity index (χ0n) is 15.7. The second-order valence-electron chi connectivity index (χ2n) is 6.24. The van der Waals surface area contributed by atoms with Gasteiger partial charge in [-0.2, -0.15) is 0 Å². The van der Waals surface area contributed by atoms with E-state index in [9.17, 15) is 4.79 Å². The van der Waals surface area contributed by atoms with Crippen LogP contribution < -0.4 is 16.0 Å². The lowest BCUT2D eigenvalue weighted by Gasteiger charge is -2.27. The Kier molecular flexibility index (Phi) is 7.55. The van der Waals surface area contributed by atoms with Gasteiger partial charge in [0.05, 0.1) is 11.2 Å². The molecule has 10 heteroatoms. The fraction of sp³-hybridized carbons (Fsp3) is 0.150. The van der Waals surface area contributed by atoms with E-state index in [0.29, 0.717) is 5.69 Å². The van der Waals surface area contributed by atoms with Gasteiger partial charge in [-0.3, -0.25) is 9.78 Å². The normalized spacial score (nSPS) is 12.7. The third kappa shape index (κ3) is 6.30. The number of alkyl halides is 3. The van der Waals surface area contributed by atoms with E-state index >= 15 is 0 Å². The molecule has 0 saturated carbocycles. The minimum Gasteiger partial charge on any atom is -0.339 e. The standard InChI is InChI=1S/C20H17Cl3N4OS2/c1-12-7-8-14(30-12)9-10-16(28)26-18(20(21,22)23)27-19(29)25-15-6-2-4-13-5-3-11-24-17(13)15/h2-11,18H,1H3,(H,26,28)(H2,25,27,29)/b10-9+. The molecular formula is C20H17Cl3N4OS2. The Balaban J connectivity index is 1.67. The molecule has 3 aromatic rings. The number of rotatable bonds is 5. The molecule has 1 aromatic carbocycles. The molecule has 3 rings (SSSR count). The number of carbonyl (C=O) groups excluding carboxylic acids is 1. The maximum atomic E-state index is 12.3. The van der Waals surface area contributed by atoms with Gasteiger partial charge in [0.25, 0.3) is 0 Å². The Hall–Kier alpha value is -1.90. The van der Waals surface area contributed by atoms with Gasteiger partial charge in [-0.05, 0) is 49.5 Å². The third-order valence-electron chi connectivity index (χ3n) is 3.93. The molecule has 0 saturated heterocycles. The molecule has 1 atom stereocenters. The molecule has 0 aliphatic heterocycles. The Morgan fingerprint density at radius 3 is 2.63 bits per heavy atom. The van der Waals surface area contributed by atoms with Gasteiger partial charge >= 0.3 is 0 Å². The zero-order valence-corrected chi connectivity index (χ0v) is 19.6. The zero-order chi connectivity index (χ0) is 21.7. The number of hydrogen-bond donors (Lipinski definition) is 3. The van der Waals surface area contributed by atoms with Gasteiger partial charge in [-0.1, -0.05) is 53.0 Å². The molecule has 1 amide bonds. The van der Waals surface area contributed by atoms with Crippen LogP contribution in [-0.4, -0.2) is 26.0 Å². The number of halogens is 3. The fourth-order valence-electron chi connectivity index (χ4n) is 2.59. The van der Waals surface area contributed by atoms with Crippen LogP contribution in [-0.2, 0) is 4.79 Å². The number of carbonyl (C=O) groups is 1. The van der Waals surface area contributed by atoms with Crippen molar-refractivity contribution in [3.05, 3.63) is 64.5 Å². The molecule has 0 fully saturated rings. The number of anilines is 1. The molecule has 0 bridgehead atoms. The number of pyridine rings is 1. The quantitative estimate of drug-likeness (QED) is 0.189. The second kappa shape index (κ2) is 9.94. The number of para-hydroxylation sites is 1. The lowest BCUT2D eigenvalue weighted by Crippen LogP contribution is -2.55. The molecular weight excluding hydrogens is 483 g/mol. The third-order valence-corrected chi connectivity index (χ3v) is 5.77. The van der Waals surface area contributed by atoms with Gasteiger partial charge < -0.3 is 16.0 Å². The van der Waals surface area contributed by atoms with Crippen LogP contribution in [0, 0.1) is 6.92 Å². The number of amides is 1. The lowest BCUT2D eigenvalue weighted by molar-refractivity contribution is -0.117. The van der Waals surface area contributed by atoms with Crippen LogP contribution in [0.4, 0.5) is 5.69 Å². The molecule has 5 nitrogen and oxygen atoms in total. The summed E-state index contributed by atoms with van der Waals surface area (Å²) in [4.78, 5) is 18.8. The SMILES string of the molecule is Cc1ccc(/C=C/C(=O)NC(NC(=S)Nc2cccc3cccnc23)C(Cl)(Cl)Cl)s1. The van der Waals surface area contributed by atoms with Gasteiger partial charge in [0.1, 0.15) is 6.17 Å². The molecule has 156 valence electrons. The summed E-state index contributed by atoms with van der Waals surface area (Å²) >= 11 is 25.0. The number of thiocarbonyl (C=S) groups is 1. The summed E-state index contributed by atoms with van der Waals surface area (Å²) in [6, 6.07) is 13.3. The first-order valence-electron chi connectivity index (χ1n) is 8.75. The Bertz CT molecular complexity index is 1090. The van der Waals surface area contributed by atoms with E-state index in [4.69, 9.17) is 47.0 Å². The van der Waals surface area contributed by atoms with Crippen molar-refractivity contribution in [3.63, 3.8) is 0 Å². The number of aromatic nitrogens is 1. The molecule has 0 radical (unpaired) electrons. The van der Waals surface area contributed by atoms with Gasteiger partial charge in [0.2, 0.25) is 9.70 Å². The average Bonchev–Trinajstić information content (AvgIpc) is 3.11. The largest absolute Gasteiger partial charge is 0.339 e. The molecule has 0 spiro atoms. The van der Waals surface area contributed by atoms with Crippen molar-refractivity contribution in [2.75, 3.05) is 5.32 Å². The van der Waals surface area contributed by atoms with Crippen molar-refractivity contribution in [2.24, 2.45) is 0 Å². The number of thiophene rings is 1. The molecule has 0 aliphatic rings. The minimum atomic E-state index is -1.84. The summed E-state index contributed by atoms with van der Waals surface area (Å²) in [5.41, 5.74) is 1.43. The maximum absolute atomic E-state index is 12.3. The Morgan fingerprint density at radius 2 is 1.93 bits per heavy atom. The van der Waals surface area contributed by atoms with Crippen molar-refractivity contribution >= 4 is 92.0 Å². The summed E-state index contributed by atoms with van der Waals surface area (Å²) in [6.45, 7) is 1.99. The van der Waals surface area contributed by atoms with E-state index in [-0.39, 0.29) is 5.11 Å². The predicted molar refractivity (Wildman–Crippen MR) is 131 cm³/mol. The van der Waals surface area contributed by atoms with Crippen molar-refractivity contribution in [3.8, 4) is 0 Å². The molecule has 1 unspecified atom stereocenters. The van der Waals surface area contributed by atoms with E-state index in [1.54, 1.807) is 23.6 Å². The molecule has 3 N–H and O–H groups in total. The van der Waals surface area contributed by atoms with Crippen molar-refractivity contribution in [1.82, 2.24) is 15.6 Å². The average molecular weight is 500 g/mol. The van der Waals surface area contributed by atoms with Crippen molar-refractivity contribution in [1.29, 1.82) is 0 Å². The topological polar surface area (TPSA) is 66.1 Å². The van der Waals surface area contributed by atoms with E-state index in [1.807, 2.05) is 49.4 Å².